The Morgan fingerprint density at radius 1 is 1.00 bits per heavy atom. The van der Waals surface area contributed by atoms with Crippen molar-refractivity contribution in [3.05, 3.63) is 65.0 Å². The number of benzene rings is 1. The average molecular weight is 325 g/mol. The van der Waals surface area contributed by atoms with E-state index in [2.05, 4.69) is 16.7 Å². The lowest BCUT2D eigenvalue weighted by atomic mass is 9.89. The Hall–Kier alpha value is -2.82. The van der Waals surface area contributed by atoms with Crippen LogP contribution in [0.5, 0.6) is 0 Å². The van der Waals surface area contributed by atoms with Gasteiger partial charge in [-0.15, -0.1) is 0 Å². The van der Waals surface area contributed by atoms with E-state index in [1.165, 1.54) is 19.8 Å². The molecule has 1 aliphatic carbocycles. The summed E-state index contributed by atoms with van der Waals surface area (Å²) in [5, 5.41) is 0. The number of carbonyl (C=O) groups is 2. The Bertz CT molecular complexity index is 802. The number of hydrogen-bond donors (Lipinski definition) is 0. The molecule has 0 saturated carbocycles. The molecule has 0 aliphatic heterocycles. The zero-order chi connectivity index (χ0) is 17.1. The second kappa shape index (κ2) is 6.74. The van der Waals surface area contributed by atoms with E-state index in [9.17, 15) is 9.59 Å². The Morgan fingerprint density at radius 2 is 1.71 bits per heavy atom. The van der Waals surface area contributed by atoms with Crippen LogP contribution in [0.4, 0.5) is 0 Å². The molecule has 1 heterocycles. The number of nitrogens with zero attached hydrogens (tertiary/aromatic N) is 1. The summed E-state index contributed by atoms with van der Waals surface area (Å²) in [5.41, 5.74) is 3.67. The molecule has 24 heavy (non-hydrogen) atoms. The number of hydrogen-bond acceptors (Lipinski definition) is 4. The molecule has 2 aromatic rings. The third kappa shape index (κ3) is 2.85. The van der Waals surface area contributed by atoms with Crippen molar-refractivity contribution in [2.45, 2.75) is 19.4 Å². The predicted molar refractivity (Wildman–Crippen MR) is 89.2 cm³/mol. The predicted octanol–water partition coefficient (Wildman–Crippen LogP) is 2.58. The van der Waals surface area contributed by atoms with E-state index in [4.69, 9.17) is 9.47 Å². The Labute approximate surface area is 140 Å². The largest absolute Gasteiger partial charge is 0.466 e. The lowest BCUT2D eigenvalue weighted by Crippen LogP contribution is -2.20. The van der Waals surface area contributed by atoms with Gasteiger partial charge in [0.2, 0.25) is 0 Å². The van der Waals surface area contributed by atoms with Gasteiger partial charge in [-0.1, -0.05) is 30.3 Å². The van der Waals surface area contributed by atoms with E-state index in [1.54, 1.807) is 0 Å². The summed E-state index contributed by atoms with van der Waals surface area (Å²) in [5.74, 6) is -0.981. The highest BCUT2D eigenvalue weighted by molar-refractivity contribution is 6.23. The van der Waals surface area contributed by atoms with Crippen LogP contribution < -0.4 is 0 Å². The van der Waals surface area contributed by atoms with E-state index in [0.717, 1.165) is 17.8 Å². The fourth-order valence-corrected chi connectivity index (χ4v) is 3.13. The molecule has 3 rings (SSSR count). The minimum absolute atomic E-state index is 0.317. The molecule has 0 bridgehead atoms. The van der Waals surface area contributed by atoms with Gasteiger partial charge in [0.1, 0.15) is 0 Å². The van der Waals surface area contributed by atoms with Gasteiger partial charge >= 0.3 is 11.9 Å². The number of methoxy groups -OCH3 is 2. The average Bonchev–Trinajstić information content (AvgIpc) is 3.03. The van der Waals surface area contributed by atoms with Gasteiger partial charge < -0.3 is 14.0 Å². The third-order valence-corrected chi connectivity index (χ3v) is 4.28. The van der Waals surface area contributed by atoms with Crippen molar-refractivity contribution in [3.8, 4) is 0 Å². The number of esters is 2. The van der Waals surface area contributed by atoms with Gasteiger partial charge in [-0.3, -0.25) is 0 Å². The molecule has 0 spiro atoms. The number of carbonyl (C=O) groups excluding carboxylic acids is 2. The maximum Gasteiger partial charge on any atom is 0.339 e. The molecule has 1 aromatic carbocycles. The summed E-state index contributed by atoms with van der Waals surface area (Å²) >= 11 is 0. The molecule has 0 unspecified atom stereocenters. The number of aromatic nitrogens is 1. The minimum Gasteiger partial charge on any atom is -0.466 e. The van der Waals surface area contributed by atoms with Crippen LogP contribution in [0.25, 0.3) is 5.57 Å². The van der Waals surface area contributed by atoms with Crippen LogP contribution in [0.2, 0.25) is 0 Å². The molecule has 0 fully saturated rings. The summed E-state index contributed by atoms with van der Waals surface area (Å²) in [4.78, 5) is 24.2. The zero-order valence-electron chi connectivity index (χ0n) is 13.7. The Balaban J connectivity index is 2.03. The fraction of sp³-hybridized carbons (Fsp3) is 0.263. The molecule has 1 aliphatic rings. The molecular formula is C19H19NO4. The molecule has 1 aromatic heterocycles. The highest BCUT2D eigenvalue weighted by Gasteiger charge is 2.31. The van der Waals surface area contributed by atoms with Gasteiger partial charge in [-0.25, -0.2) is 9.59 Å². The normalized spacial score (nSPS) is 13.4. The summed E-state index contributed by atoms with van der Waals surface area (Å²) in [6.07, 6.45) is 3.09. The van der Waals surface area contributed by atoms with Crippen molar-refractivity contribution in [1.29, 1.82) is 0 Å². The van der Waals surface area contributed by atoms with E-state index in [0.29, 0.717) is 24.0 Å². The SMILES string of the molecule is COC(=O)C1=C(C(=O)OC)c2ccn(Cc3ccccc3)c2CC1. The van der Waals surface area contributed by atoms with Gasteiger partial charge in [-0.2, -0.15) is 0 Å². The smallest absolute Gasteiger partial charge is 0.339 e. The maximum atomic E-state index is 12.2. The van der Waals surface area contributed by atoms with Crippen LogP contribution in [-0.2, 0) is 32.0 Å². The van der Waals surface area contributed by atoms with Gasteiger partial charge in [-0.05, 0) is 24.5 Å². The first-order valence-corrected chi connectivity index (χ1v) is 7.77. The van der Waals surface area contributed by atoms with Crippen molar-refractivity contribution in [1.82, 2.24) is 4.57 Å². The third-order valence-electron chi connectivity index (χ3n) is 4.28. The second-order valence-corrected chi connectivity index (χ2v) is 5.63. The van der Waals surface area contributed by atoms with Crippen molar-refractivity contribution in [3.63, 3.8) is 0 Å². The molecular weight excluding hydrogens is 306 g/mol. The first-order valence-electron chi connectivity index (χ1n) is 7.77. The first kappa shape index (κ1) is 16.1. The van der Waals surface area contributed by atoms with Crippen molar-refractivity contribution in [2.24, 2.45) is 0 Å². The lowest BCUT2D eigenvalue weighted by Gasteiger charge is -2.20. The molecule has 124 valence electrons. The summed E-state index contributed by atoms with van der Waals surface area (Å²) in [6, 6.07) is 12.0. The highest BCUT2D eigenvalue weighted by Crippen LogP contribution is 2.34. The van der Waals surface area contributed by atoms with Crippen LogP contribution >= 0.6 is 0 Å². The molecule has 0 saturated heterocycles. The second-order valence-electron chi connectivity index (χ2n) is 5.63. The summed E-state index contributed by atoms with van der Waals surface area (Å²) in [7, 11) is 2.64. The van der Waals surface area contributed by atoms with Crippen LogP contribution in [0, 0.1) is 0 Å². The van der Waals surface area contributed by atoms with Gasteiger partial charge in [0.05, 0.1) is 25.4 Å². The number of fused-ring (bicyclic) bond motifs is 1. The zero-order valence-corrected chi connectivity index (χ0v) is 13.7. The van der Waals surface area contributed by atoms with Crippen LogP contribution in [0.3, 0.4) is 0 Å². The van der Waals surface area contributed by atoms with Gasteiger partial charge in [0.15, 0.2) is 0 Å². The van der Waals surface area contributed by atoms with Crippen LogP contribution in [0.15, 0.2) is 48.2 Å². The van der Waals surface area contributed by atoms with E-state index in [1.807, 2.05) is 30.5 Å². The molecule has 0 N–H and O–H groups in total. The highest BCUT2D eigenvalue weighted by atomic mass is 16.5. The van der Waals surface area contributed by atoms with Crippen molar-refractivity contribution in [2.75, 3.05) is 14.2 Å². The first-order chi connectivity index (χ1) is 11.7. The standard InChI is InChI=1S/C19H19NO4/c1-23-18(21)15-8-9-16-14(17(15)19(22)24-2)10-11-20(16)12-13-6-4-3-5-7-13/h3-7,10-11H,8-9,12H2,1-2H3. The molecule has 0 atom stereocenters. The Kier molecular flexibility index (Phi) is 4.51. The van der Waals surface area contributed by atoms with Crippen LogP contribution in [-0.4, -0.2) is 30.7 Å². The topological polar surface area (TPSA) is 57.5 Å². The molecule has 5 heteroatoms. The van der Waals surface area contributed by atoms with Crippen molar-refractivity contribution < 1.29 is 19.1 Å². The lowest BCUT2D eigenvalue weighted by molar-refractivity contribution is -0.138. The van der Waals surface area contributed by atoms with E-state index >= 15 is 0 Å². The molecule has 5 nitrogen and oxygen atoms in total. The quantitative estimate of drug-likeness (QED) is 0.811. The minimum atomic E-state index is -0.506. The monoisotopic (exact) mass is 325 g/mol. The van der Waals surface area contributed by atoms with Crippen molar-refractivity contribution >= 4 is 17.5 Å². The van der Waals surface area contributed by atoms with E-state index in [-0.39, 0.29) is 0 Å². The molecule has 0 radical (unpaired) electrons. The summed E-state index contributed by atoms with van der Waals surface area (Å²) < 4.78 is 11.8. The summed E-state index contributed by atoms with van der Waals surface area (Å²) in [6.45, 7) is 0.720. The fourth-order valence-electron chi connectivity index (χ4n) is 3.13. The number of rotatable bonds is 4. The maximum absolute atomic E-state index is 12.2. The molecule has 0 amide bonds. The Morgan fingerprint density at radius 3 is 2.38 bits per heavy atom. The van der Waals surface area contributed by atoms with E-state index < -0.39 is 11.9 Å². The number of ether oxygens (including phenoxy) is 2. The van der Waals surface area contributed by atoms with Gasteiger partial charge in [0, 0.05) is 24.0 Å². The van der Waals surface area contributed by atoms with Gasteiger partial charge in [0.25, 0.3) is 0 Å². The van der Waals surface area contributed by atoms with Crippen LogP contribution in [0.1, 0.15) is 23.2 Å².